The smallest absolute Gasteiger partial charge is 0.323 e. The van der Waals surface area contributed by atoms with Gasteiger partial charge in [0, 0.05) is 57.1 Å². The number of hydrogen-bond acceptors (Lipinski definition) is 3. The van der Waals surface area contributed by atoms with Crippen LogP contribution < -0.4 is 15.5 Å². The van der Waals surface area contributed by atoms with Crippen molar-refractivity contribution in [1.29, 1.82) is 0 Å². The lowest BCUT2D eigenvalue weighted by Crippen LogP contribution is -2.29. The third-order valence-electron chi connectivity index (χ3n) is 5.42. The molecular formula is C24H20ClFN4OS. The number of nitrogens with one attached hydrogen (secondary N) is 3. The number of urea groups is 1. The second kappa shape index (κ2) is 8.76. The number of amides is 2. The summed E-state index contributed by atoms with van der Waals surface area (Å²) in [6.45, 7) is 1.12. The van der Waals surface area contributed by atoms with Gasteiger partial charge in [-0.15, -0.1) is 11.8 Å². The summed E-state index contributed by atoms with van der Waals surface area (Å²) in [7, 11) is 0. The Bertz CT molecular complexity index is 1290. The summed E-state index contributed by atoms with van der Waals surface area (Å²) in [6.07, 6.45) is 1.77. The van der Waals surface area contributed by atoms with Crippen molar-refractivity contribution in [3.63, 3.8) is 0 Å². The van der Waals surface area contributed by atoms with Gasteiger partial charge in [0.05, 0.1) is 11.4 Å². The molecule has 8 heteroatoms. The highest BCUT2D eigenvalue weighted by atomic mass is 35.5. The molecule has 5 nitrogen and oxygen atoms in total. The van der Waals surface area contributed by atoms with E-state index in [9.17, 15) is 9.18 Å². The summed E-state index contributed by atoms with van der Waals surface area (Å²) in [5, 5.41) is 7.15. The maximum absolute atomic E-state index is 14.3. The molecule has 2 amide bonds. The number of para-hydroxylation sites is 1. The molecule has 0 atom stereocenters. The highest BCUT2D eigenvalue weighted by Gasteiger charge is 2.21. The molecule has 0 bridgehead atoms. The van der Waals surface area contributed by atoms with Crippen LogP contribution in [-0.4, -0.2) is 23.3 Å². The van der Waals surface area contributed by atoms with Crippen molar-refractivity contribution < 1.29 is 9.18 Å². The molecule has 0 aliphatic carbocycles. The average molecular weight is 467 g/mol. The van der Waals surface area contributed by atoms with Crippen LogP contribution >= 0.6 is 23.4 Å². The van der Waals surface area contributed by atoms with Gasteiger partial charge in [0.15, 0.2) is 0 Å². The number of anilines is 3. The number of aromatic nitrogens is 1. The van der Waals surface area contributed by atoms with Gasteiger partial charge < -0.3 is 20.5 Å². The lowest BCUT2D eigenvalue weighted by atomic mass is 10.1. The van der Waals surface area contributed by atoms with Crippen LogP contribution in [0, 0.1) is 5.82 Å². The molecule has 0 saturated heterocycles. The van der Waals surface area contributed by atoms with Crippen LogP contribution in [0.5, 0.6) is 0 Å². The molecule has 1 aromatic heterocycles. The normalized spacial score (nSPS) is 13.1. The average Bonchev–Trinajstić information content (AvgIpc) is 3.19. The summed E-state index contributed by atoms with van der Waals surface area (Å²) in [6, 6.07) is 17.9. The summed E-state index contributed by atoms with van der Waals surface area (Å²) in [5.41, 5.74) is 3.75. The van der Waals surface area contributed by atoms with Crippen LogP contribution in [0.2, 0.25) is 5.02 Å². The van der Waals surface area contributed by atoms with Gasteiger partial charge in [0.25, 0.3) is 0 Å². The molecule has 0 radical (unpaired) electrons. The largest absolute Gasteiger partial charge is 0.365 e. The van der Waals surface area contributed by atoms with Crippen LogP contribution in [0.1, 0.15) is 5.56 Å². The van der Waals surface area contributed by atoms with Gasteiger partial charge in [-0.05, 0) is 36.4 Å². The minimum absolute atomic E-state index is 0.315. The van der Waals surface area contributed by atoms with E-state index in [2.05, 4.69) is 20.5 Å². The molecule has 5 rings (SSSR count). The van der Waals surface area contributed by atoms with E-state index in [0.29, 0.717) is 28.5 Å². The molecule has 1 aliphatic heterocycles. The van der Waals surface area contributed by atoms with Crippen molar-refractivity contribution in [2.45, 2.75) is 11.4 Å². The monoisotopic (exact) mass is 466 g/mol. The number of nitrogens with zero attached hydrogens (tertiary/aromatic N) is 1. The number of fused-ring (bicyclic) bond motifs is 2. The molecule has 0 unspecified atom stereocenters. The van der Waals surface area contributed by atoms with E-state index < -0.39 is 0 Å². The molecule has 32 heavy (non-hydrogen) atoms. The van der Waals surface area contributed by atoms with Gasteiger partial charge in [-0.3, -0.25) is 0 Å². The Labute approximate surface area is 194 Å². The van der Waals surface area contributed by atoms with E-state index in [0.717, 1.165) is 33.8 Å². The number of thioether (sulfide) groups is 1. The first kappa shape index (κ1) is 20.7. The van der Waals surface area contributed by atoms with E-state index in [1.165, 1.54) is 6.07 Å². The number of carbonyl (C=O) groups is 1. The number of aromatic amines is 1. The third-order valence-corrected chi connectivity index (χ3v) is 6.82. The lowest BCUT2D eigenvalue weighted by Gasteiger charge is -2.31. The van der Waals surface area contributed by atoms with E-state index in [-0.39, 0.29) is 11.8 Å². The molecule has 0 fully saturated rings. The second-order valence-electron chi connectivity index (χ2n) is 7.48. The fraction of sp³-hybridized carbons (Fsp3) is 0.125. The van der Waals surface area contributed by atoms with Gasteiger partial charge >= 0.3 is 6.03 Å². The second-order valence-corrected chi connectivity index (χ2v) is 9.02. The van der Waals surface area contributed by atoms with Gasteiger partial charge in [-0.2, -0.15) is 0 Å². The maximum atomic E-state index is 14.3. The predicted molar refractivity (Wildman–Crippen MR) is 131 cm³/mol. The predicted octanol–water partition coefficient (Wildman–Crippen LogP) is 6.72. The number of halogens is 2. The van der Waals surface area contributed by atoms with E-state index in [1.807, 2.05) is 42.5 Å². The zero-order valence-corrected chi connectivity index (χ0v) is 18.6. The van der Waals surface area contributed by atoms with Gasteiger partial charge in [-0.1, -0.05) is 35.9 Å². The number of H-pyrrole nitrogens is 1. The van der Waals surface area contributed by atoms with Crippen molar-refractivity contribution in [2.75, 3.05) is 27.8 Å². The molecule has 2 heterocycles. The van der Waals surface area contributed by atoms with Crippen molar-refractivity contribution in [2.24, 2.45) is 0 Å². The van der Waals surface area contributed by atoms with E-state index >= 15 is 0 Å². The third kappa shape index (κ3) is 4.13. The van der Waals surface area contributed by atoms with E-state index in [1.54, 1.807) is 30.1 Å². The van der Waals surface area contributed by atoms with Crippen LogP contribution in [-0.2, 0) is 6.54 Å². The van der Waals surface area contributed by atoms with Crippen molar-refractivity contribution >= 4 is 57.4 Å². The highest BCUT2D eigenvalue weighted by Crippen LogP contribution is 2.38. The quantitative estimate of drug-likeness (QED) is 0.313. The molecule has 3 N–H and O–H groups in total. The van der Waals surface area contributed by atoms with Gasteiger partial charge in [-0.25, -0.2) is 9.18 Å². The van der Waals surface area contributed by atoms with Crippen molar-refractivity contribution in [3.8, 4) is 0 Å². The van der Waals surface area contributed by atoms with Crippen LogP contribution in [0.3, 0.4) is 0 Å². The summed E-state index contributed by atoms with van der Waals surface area (Å²) in [5.74, 6) is 0.581. The van der Waals surface area contributed by atoms with Crippen LogP contribution in [0.15, 0.2) is 71.8 Å². The molecule has 0 spiro atoms. The Morgan fingerprint density at radius 3 is 2.88 bits per heavy atom. The molecule has 162 valence electrons. The number of rotatable bonds is 4. The van der Waals surface area contributed by atoms with Crippen molar-refractivity contribution in [3.05, 3.63) is 83.3 Å². The molecule has 3 aromatic carbocycles. The minimum atomic E-state index is -0.332. The van der Waals surface area contributed by atoms with Crippen molar-refractivity contribution in [1.82, 2.24) is 4.98 Å². The first-order valence-electron chi connectivity index (χ1n) is 10.2. The Morgan fingerprint density at radius 2 is 2.00 bits per heavy atom. The zero-order chi connectivity index (χ0) is 22.1. The summed E-state index contributed by atoms with van der Waals surface area (Å²) in [4.78, 5) is 19.0. The molecule has 0 saturated carbocycles. The number of benzene rings is 3. The topological polar surface area (TPSA) is 60.2 Å². The minimum Gasteiger partial charge on any atom is -0.365 e. The number of carbonyl (C=O) groups excluding carboxylic acids is 1. The first-order chi connectivity index (χ1) is 15.6. The fourth-order valence-corrected chi connectivity index (χ4v) is 5.10. The first-order valence-corrected chi connectivity index (χ1v) is 11.5. The van der Waals surface area contributed by atoms with Crippen LogP contribution in [0.4, 0.5) is 26.2 Å². The number of hydrogen-bond donors (Lipinski definition) is 3. The zero-order valence-electron chi connectivity index (χ0n) is 17.0. The Morgan fingerprint density at radius 1 is 1.12 bits per heavy atom. The Balaban J connectivity index is 1.35. The Kier molecular flexibility index (Phi) is 5.68. The fourth-order valence-electron chi connectivity index (χ4n) is 3.85. The molecule has 1 aliphatic rings. The molecular weight excluding hydrogens is 447 g/mol. The van der Waals surface area contributed by atoms with Gasteiger partial charge in [0.2, 0.25) is 0 Å². The summed E-state index contributed by atoms with van der Waals surface area (Å²) < 4.78 is 14.3. The molecule has 4 aromatic rings. The lowest BCUT2D eigenvalue weighted by molar-refractivity contribution is 0.262. The van der Waals surface area contributed by atoms with E-state index in [4.69, 9.17) is 11.6 Å². The standard InChI is InChI=1S/C24H20ClFN4OS/c25-18-5-3-6-19(26)17(18)14-30-10-11-32-23-9-8-15(12-22(23)30)28-24(31)29-21-13-27-20-7-2-1-4-16(20)21/h1-9,12-13,27H,10-11,14H2,(H2,28,29,31). The van der Waals surface area contributed by atoms with Crippen LogP contribution in [0.25, 0.3) is 10.9 Å². The highest BCUT2D eigenvalue weighted by molar-refractivity contribution is 7.99. The van der Waals surface area contributed by atoms with Gasteiger partial charge in [0.1, 0.15) is 5.82 Å². The summed E-state index contributed by atoms with van der Waals surface area (Å²) >= 11 is 7.99. The SMILES string of the molecule is O=C(Nc1ccc2c(c1)N(Cc1c(F)cccc1Cl)CCS2)Nc1c[nH]c2ccccc12. The maximum Gasteiger partial charge on any atom is 0.323 e. The Hall–Kier alpha value is -3.16.